The van der Waals surface area contributed by atoms with Crippen LogP contribution in [0.3, 0.4) is 0 Å². The molecular formula is C34H60Cl2N18O3. The van der Waals surface area contributed by atoms with E-state index in [9.17, 15) is 15.3 Å². The first kappa shape index (κ1) is 49.5. The Balaban J connectivity index is 0.000000348. The fraction of sp³-hybridized carbons (Fsp3) is 0.471. The molecule has 0 fully saturated rings. The number of nitrogens with one attached hydrogen (secondary N) is 3. The van der Waals surface area contributed by atoms with Crippen molar-refractivity contribution in [3.05, 3.63) is 70.3 Å². The Hall–Kier alpha value is -5.48. The number of aliphatic hydroxyl groups is 3. The number of rotatable bonds is 6. The van der Waals surface area contributed by atoms with Crippen LogP contribution in [-0.2, 0) is 19.6 Å². The topological polar surface area (TPSA) is 356 Å². The van der Waals surface area contributed by atoms with Crippen LogP contribution >= 0.6 is 23.2 Å². The molecule has 0 spiro atoms. The predicted octanol–water partition coefficient (Wildman–Crippen LogP) is 3.22. The quantitative estimate of drug-likeness (QED) is 0.115. The van der Waals surface area contributed by atoms with Crippen molar-refractivity contribution in [2.45, 2.75) is 106 Å². The zero-order valence-corrected chi connectivity index (χ0v) is 35.7. The van der Waals surface area contributed by atoms with Crippen LogP contribution in [0.4, 0.5) is 34.1 Å². The van der Waals surface area contributed by atoms with Crippen molar-refractivity contribution < 1.29 is 15.3 Å². The summed E-state index contributed by atoms with van der Waals surface area (Å²) in [6, 6.07) is 0. The SMILES string of the molecule is CC(C)(O)Cn1cc(N)c(Cl)n1.CC(C)(O)Cn1cc(N)cn1.Cc1n[nH]c(C)c1N.Cc1nn(CC(C)(C)O)c(C)c1N.Nc1cn[nH]c1.Nc1cn[nH]c1Cl. The van der Waals surface area contributed by atoms with Gasteiger partial charge in [-0.05, 0) is 69.2 Å². The lowest BCUT2D eigenvalue weighted by atomic mass is 10.1. The van der Waals surface area contributed by atoms with E-state index in [0.29, 0.717) is 53.2 Å². The Morgan fingerprint density at radius 1 is 0.649 bits per heavy atom. The van der Waals surface area contributed by atoms with Gasteiger partial charge in [-0.15, -0.1) is 0 Å². The number of nitrogens with two attached hydrogens (primary N) is 6. The van der Waals surface area contributed by atoms with Crippen molar-refractivity contribution in [1.82, 2.24) is 59.9 Å². The molecule has 0 atom stereocenters. The maximum atomic E-state index is 9.59. The number of hydrogen-bond acceptors (Lipinski definition) is 15. The maximum absolute atomic E-state index is 9.59. The number of aryl methyl sites for hydroxylation is 3. The third-order valence-corrected chi connectivity index (χ3v) is 7.39. The summed E-state index contributed by atoms with van der Waals surface area (Å²) in [5.74, 6) is 0. The summed E-state index contributed by atoms with van der Waals surface area (Å²) in [7, 11) is 0. The van der Waals surface area contributed by atoms with E-state index in [0.717, 1.165) is 28.5 Å². The monoisotopic (exact) mass is 838 g/mol. The summed E-state index contributed by atoms with van der Waals surface area (Å²) >= 11 is 11.0. The van der Waals surface area contributed by atoms with Crippen LogP contribution < -0.4 is 34.4 Å². The van der Waals surface area contributed by atoms with Crippen molar-refractivity contribution in [3.63, 3.8) is 0 Å². The molecule has 0 saturated carbocycles. The second-order valence-electron chi connectivity index (χ2n) is 14.7. The molecule has 18 N–H and O–H groups in total. The Kier molecular flexibility index (Phi) is 18.9. The molecule has 0 aromatic carbocycles. The van der Waals surface area contributed by atoms with Gasteiger partial charge in [0.2, 0.25) is 0 Å². The average molecular weight is 840 g/mol. The van der Waals surface area contributed by atoms with Crippen LogP contribution in [0, 0.1) is 27.7 Å². The van der Waals surface area contributed by atoms with E-state index in [1.54, 1.807) is 81.9 Å². The van der Waals surface area contributed by atoms with Gasteiger partial charge in [-0.3, -0.25) is 29.3 Å². The molecule has 21 nitrogen and oxygen atoms in total. The fourth-order valence-electron chi connectivity index (χ4n) is 4.08. The first-order chi connectivity index (χ1) is 26.1. The number of nitrogen functional groups attached to an aromatic ring is 6. The van der Waals surface area contributed by atoms with Gasteiger partial charge in [0.1, 0.15) is 5.15 Å². The van der Waals surface area contributed by atoms with Crippen LogP contribution in [0.5, 0.6) is 0 Å². The molecule has 6 aromatic rings. The number of nitrogens with zero attached hydrogens (tertiary/aromatic N) is 9. The molecule has 0 aliphatic rings. The van der Waals surface area contributed by atoms with Gasteiger partial charge in [-0.1, -0.05) is 23.2 Å². The lowest BCUT2D eigenvalue weighted by molar-refractivity contribution is 0.0566. The zero-order chi connectivity index (χ0) is 43.9. The number of aromatic amines is 3. The van der Waals surface area contributed by atoms with E-state index in [2.05, 4.69) is 45.9 Å². The summed E-state index contributed by atoms with van der Waals surface area (Å²) in [6.07, 6.45) is 9.49. The third-order valence-electron chi connectivity index (χ3n) is 6.79. The van der Waals surface area contributed by atoms with E-state index in [-0.39, 0.29) is 5.15 Å². The summed E-state index contributed by atoms with van der Waals surface area (Å²) in [5, 5.41) is 59.9. The molecule has 6 rings (SSSR count). The maximum Gasteiger partial charge on any atom is 0.173 e. The third kappa shape index (κ3) is 20.3. The second kappa shape index (κ2) is 21.7. The summed E-state index contributed by atoms with van der Waals surface area (Å²) < 4.78 is 4.89. The van der Waals surface area contributed by atoms with Gasteiger partial charge >= 0.3 is 0 Å². The van der Waals surface area contributed by atoms with Crippen molar-refractivity contribution in [2.75, 3.05) is 34.4 Å². The average Bonchev–Trinajstić information content (AvgIpc) is 3.93. The van der Waals surface area contributed by atoms with Crippen LogP contribution in [0.15, 0.2) is 37.2 Å². The number of halogens is 2. The Bertz CT molecular complexity index is 1970. The number of anilines is 6. The highest BCUT2D eigenvalue weighted by atomic mass is 35.5. The molecule has 0 aliphatic carbocycles. The zero-order valence-electron chi connectivity index (χ0n) is 34.2. The number of hydrogen-bond donors (Lipinski definition) is 12. The summed E-state index contributed by atoms with van der Waals surface area (Å²) in [4.78, 5) is 0. The van der Waals surface area contributed by atoms with E-state index < -0.39 is 16.8 Å². The van der Waals surface area contributed by atoms with Crippen LogP contribution in [0.25, 0.3) is 0 Å². The molecule has 0 unspecified atom stereocenters. The minimum absolute atomic E-state index is 0.277. The molecule has 6 aromatic heterocycles. The predicted molar refractivity (Wildman–Crippen MR) is 227 cm³/mol. The van der Waals surface area contributed by atoms with Crippen molar-refractivity contribution in [3.8, 4) is 0 Å². The Morgan fingerprint density at radius 2 is 1.23 bits per heavy atom. The van der Waals surface area contributed by atoms with Gasteiger partial charge in [0.05, 0.1) is 112 Å². The molecule has 6 heterocycles. The van der Waals surface area contributed by atoms with E-state index >= 15 is 0 Å². The molecule has 0 amide bonds. The van der Waals surface area contributed by atoms with Gasteiger partial charge < -0.3 is 49.7 Å². The van der Waals surface area contributed by atoms with Gasteiger partial charge in [-0.25, -0.2) is 0 Å². The standard InChI is InChI=1S/C9H17N3O.C7H12ClN3O.C7H13N3O.C5H9N3.C3H4ClN3.C3H5N3/c1-6-8(10)7(2)12(11-6)5-9(3,4)13;1-7(2,12)4-11-3-5(9)6(8)10-11;1-7(2,11)5-10-4-6(8)3-9-10;1-3-5(6)4(2)8-7-3;4-3-2(5)1-6-7-3;4-3-1-5-6-2-3/h13H,5,10H2,1-4H3;3,12H,4,9H2,1-2H3;3-4,11H,5,8H2,1-2H3;6H2,1-2H3,(H,7,8);1H,5H2,(H,6,7);1-2H,4H2,(H,5,6). The smallest absolute Gasteiger partial charge is 0.173 e. The molecule has 0 radical (unpaired) electrons. The van der Waals surface area contributed by atoms with Crippen molar-refractivity contribution in [1.29, 1.82) is 0 Å². The minimum Gasteiger partial charge on any atom is -0.396 e. The van der Waals surface area contributed by atoms with Gasteiger partial charge in [-0.2, -0.15) is 30.6 Å². The van der Waals surface area contributed by atoms with Crippen molar-refractivity contribution >= 4 is 57.3 Å². The summed E-state index contributed by atoms with van der Waals surface area (Å²) in [5.41, 5.74) is 37.5. The van der Waals surface area contributed by atoms with E-state index in [1.807, 2.05) is 27.7 Å². The van der Waals surface area contributed by atoms with Crippen LogP contribution in [0.2, 0.25) is 10.3 Å². The molecular weight excluding hydrogens is 779 g/mol. The largest absolute Gasteiger partial charge is 0.396 e. The van der Waals surface area contributed by atoms with Crippen molar-refractivity contribution in [2.24, 2.45) is 0 Å². The van der Waals surface area contributed by atoms with E-state index in [4.69, 9.17) is 57.6 Å². The Labute approximate surface area is 342 Å². The molecule has 0 saturated heterocycles. The minimum atomic E-state index is -0.804. The van der Waals surface area contributed by atoms with E-state index in [1.165, 1.54) is 10.9 Å². The van der Waals surface area contributed by atoms with Gasteiger partial charge in [0, 0.05) is 18.6 Å². The number of H-pyrrole nitrogens is 3. The highest BCUT2D eigenvalue weighted by molar-refractivity contribution is 6.32. The molecule has 23 heteroatoms. The normalized spacial score (nSPS) is 11.0. The first-order valence-electron chi connectivity index (χ1n) is 17.3. The summed E-state index contributed by atoms with van der Waals surface area (Å²) in [6.45, 7) is 19.2. The molecule has 0 bridgehead atoms. The molecule has 57 heavy (non-hydrogen) atoms. The van der Waals surface area contributed by atoms with Gasteiger partial charge in [0.15, 0.2) is 5.15 Å². The second-order valence-corrected chi connectivity index (χ2v) is 15.5. The highest BCUT2D eigenvalue weighted by Crippen LogP contribution is 2.18. The van der Waals surface area contributed by atoms with Gasteiger partial charge in [0.25, 0.3) is 0 Å². The van der Waals surface area contributed by atoms with Crippen LogP contribution in [0.1, 0.15) is 64.3 Å². The highest BCUT2D eigenvalue weighted by Gasteiger charge is 2.18. The molecule has 318 valence electrons. The lowest BCUT2D eigenvalue weighted by Crippen LogP contribution is -2.27. The molecule has 0 aliphatic heterocycles. The number of aromatic nitrogens is 12. The van der Waals surface area contributed by atoms with Crippen LogP contribution in [-0.4, -0.2) is 92.1 Å². The lowest BCUT2D eigenvalue weighted by Gasteiger charge is -2.17. The fourth-order valence-corrected chi connectivity index (χ4v) is 4.33. The Morgan fingerprint density at radius 3 is 1.49 bits per heavy atom. The first-order valence-corrected chi connectivity index (χ1v) is 18.0.